The number of hydrazine groups is 1. The Morgan fingerprint density at radius 2 is 2.00 bits per heavy atom. The molecule has 2 rings (SSSR count). The largest absolute Gasteiger partial charge is 0.493 e. The Bertz CT molecular complexity index is 759. The highest BCUT2D eigenvalue weighted by molar-refractivity contribution is 5.96. The van der Waals surface area contributed by atoms with Crippen LogP contribution in [-0.2, 0) is 0 Å². The molecule has 1 amide bonds. The van der Waals surface area contributed by atoms with Crippen LogP contribution < -0.4 is 21.2 Å². The second-order valence-corrected chi connectivity index (χ2v) is 6.32. The van der Waals surface area contributed by atoms with Crippen molar-refractivity contribution in [1.82, 2.24) is 10.9 Å². The zero-order chi connectivity index (χ0) is 17.0. The van der Waals surface area contributed by atoms with E-state index in [1.807, 2.05) is 27.7 Å². The third-order valence-electron chi connectivity index (χ3n) is 2.98. The van der Waals surface area contributed by atoms with Crippen LogP contribution in [0.3, 0.4) is 0 Å². The van der Waals surface area contributed by atoms with Crippen molar-refractivity contribution in [2.75, 3.05) is 6.61 Å². The maximum atomic E-state index is 12.1. The molecule has 124 valence electrons. The van der Waals surface area contributed by atoms with E-state index < -0.39 is 11.5 Å². The quantitative estimate of drug-likeness (QED) is 0.654. The second-order valence-electron chi connectivity index (χ2n) is 6.32. The van der Waals surface area contributed by atoms with Crippen LogP contribution in [0.5, 0.6) is 5.75 Å². The molecule has 0 bridgehead atoms. The maximum Gasteiger partial charge on any atom is 0.349 e. The molecule has 0 atom stereocenters. The van der Waals surface area contributed by atoms with Gasteiger partial charge in [0, 0.05) is 17.0 Å². The smallest absolute Gasteiger partial charge is 0.349 e. The van der Waals surface area contributed by atoms with Crippen LogP contribution in [0, 0.1) is 0 Å². The van der Waals surface area contributed by atoms with Crippen molar-refractivity contribution in [2.45, 2.75) is 39.7 Å². The van der Waals surface area contributed by atoms with Crippen molar-refractivity contribution in [3.63, 3.8) is 0 Å². The molecule has 0 aliphatic heterocycles. The van der Waals surface area contributed by atoms with Gasteiger partial charge in [0.25, 0.3) is 5.91 Å². The molecule has 0 unspecified atom stereocenters. The summed E-state index contributed by atoms with van der Waals surface area (Å²) in [5.74, 6) is 0.107. The minimum Gasteiger partial charge on any atom is -0.493 e. The number of ether oxygens (including phenoxy) is 1. The molecule has 6 heteroatoms. The lowest BCUT2D eigenvalue weighted by atomic mass is 10.1. The number of benzene rings is 1. The number of hydrogen-bond acceptors (Lipinski definition) is 5. The molecule has 0 saturated heterocycles. The molecule has 0 aliphatic carbocycles. The van der Waals surface area contributed by atoms with Gasteiger partial charge in [-0.2, -0.15) is 0 Å². The Hall–Kier alpha value is -2.34. The lowest BCUT2D eigenvalue weighted by Gasteiger charge is -2.20. The van der Waals surface area contributed by atoms with Crippen molar-refractivity contribution >= 4 is 16.9 Å². The minimum absolute atomic E-state index is 0.0449. The van der Waals surface area contributed by atoms with Crippen LogP contribution in [0.15, 0.2) is 33.5 Å². The van der Waals surface area contributed by atoms with Gasteiger partial charge in [0.15, 0.2) is 0 Å². The van der Waals surface area contributed by atoms with E-state index in [0.29, 0.717) is 23.3 Å². The standard InChI is InChI=1S/C17H22N2O4/c1-5-8-22-12-7-6-11-9-13(16(21)23-14(11)10-12)15(20)18-19-17(2,3)4/h6-7,9-10,19H,5,8H2,1-4H3,(H,18,20). The Kier molecular flexibility index (Phi) is 5.05. The SMILES string of the molecule is CCCOc1ccc2cc(C(=O)NNC(C)(C)C)c(=O)oc2c1. The predicted octanol–water partition coefficient (Wildman–Crippen LogP) is 2.61. The van der Waals surface area contributed by atoms with Crippen molar-refractivity contribution in [3.8, 4) is 5.75 Å². The summed E-state index contributed by atoms with van der Waals surface area (Å²) in [4.78, 5) is 24.1. The first-order chi connectivity index (χ1) is 10.8. The topological polar surface area (TPSA) is 80.6 Å². The normalized spacial score (nSPS) is 11.5. The highest BCUT2D eigenvalue weighted by atomic mass is 16.5. The fourth-order valence-electron chi connectivity index (χ4n) is 1.87. The highest BCUT2D eigenvalue weighted by Gasteiger charge is 2.16. The van der Waals surface area contributed by atoms with Gasteiger partial charge in [-0.15, -0.1) is 0 Å². The number of carbonyl (C=O) groups is 1. The fraction of sp³-hybridized carbons (Fsp3) is 0.412. The summed E-state index contributed by atoms with van der Waals surface area (Å²) in [6.07, 6.45) is 0.891. The van der Waals surface area contributed by atoms with E-state index in [-0.39, 0.29) is 11.1 Å². The first-order valence-corrected chi connectivity index (χ1v) is 7.58. The Labute approximate surface area is 134 Å². The third-order valence-corrected chi connectivity index (χ3v) is 2.98. The van der Waals surface area contributed by atoms with Crippen molar-refractivity contribution < 1.29 is 13.9 Å². The molecular formula is C17H22N2O4. The van der Waals surface area contributed by atoms with Gasteiger partial charge in [-0.25, -0.2) is 10.2 Å². The van der Waals surface area contributed by atoms with Gasteiger partial charge in [-0.1, -0.05) is 6.92 Å². The van der Waals surface area contributed by atoms with E-state index in [0.717, 1.165) is 6.42 Å². The van der Waals surface area contributed by atoms with Crippen molar-refractivity contribution in [3.05, 3.63) is 40.2 Å². The molecule has 6 nitrogen and oxygen atoms in total. The lowest BCUT2D eigenvalue weighted by molar-refractivity contribution is 0.0911. The molecule has 0 fully saturated rings. The van der Waals surface area contributed by atoms with Crippen LogP contribution in [0.25, 0.3) is 11.0 Å². The Morgan fingerprint density at radius 3 is 2.65 bits per heavy atom. The van der Waals surface area contributed by atoms with Crippen LogP contribution in [0.1, 0.15) is 44.5 Å². The van der Waals surface area contributed by atoms with Crippen LogP contribution >= 0.6 is 0 Å². The molecule has 0 spiro atoms. The molecule has 1 heterocycles. The summed E-state index contributed by atoms with van der Waals surface area (Å²) < 4.78 is 10.7. The van der Waals surface area contributed by atoms with Crippen molar-refractivity contribution in [2.24, 2.45) is 0 Å². The summed E-state index contributed by atoms with van der Waals surface area (Å²) >= 11 is 0. The van der Waals surface area contributed by atoms with Gasteiger partial charge < -0.3 is 9.15 Å². The predicted molar refractivity (Wildman–Crippen MR) is 88.6 cm³/mol. The summed E-state index contributed by atoms with van der Waals surface area (Å²) in [7, 11) is 0. The minimum atomic E-state index is -0.682. The van der Waals surface area contributed by atoms with E-state index in [2.05, 4.69) is 10.9 Å². The zero-order valence-electron chi connectivity index (χ0n) is 13.9. The number of rotatable bonds is 5. The lowest BCUT2D eigenvalue weighted by Crippen LogP contribution is -2.49. The van der Waals surface area contributed by atoms with Gasteiger partial charge in [0.1, 0.15) is 16.9 Å². The summed E-state index contributed by atoms with van der Waals surface area (Å²) in [6, 6.07) is 6.72. The van der Waals surface area contributed by atoms with E-state index in [1.165, 1.54) is 6.07 Å². The Morgan fingerprint density at radius 1 is 1.26 bits per heavy atom. The summed E-state index contributed by atoms with van der Waals surface area (Å²) in [5, 5.41) is 0.661. The monoisotopic (exact) mass is 318 g/mol. The number of hydrogen-bond donors (Lipinski definition) is 2. The molecule has 2 aromatic rings. The van der Waals surface area contributed by atoms with Gasteiger partial charge in [-0.05, 0) is 45.4 Å². The first-order valence-electron chi connectivity index (χ1n) is 7.58. The van der Waals surface area contributed by atoms with Gasteiger partial charge >= 0.3 is 5.63 Å². The van der Waals surface area contributed by atoms with Gasteiger partial charge in [0.05, 0.1) is 6.61 Å². The second kappa shape index (κ2) is 6.83. The van der Waals surface area contributed by atoms with E-state index in [1.54, 1.807) is 18.2 Å². The van der Waals surface area contributed by atoms with Crippen LogP contribution in [-0.4, -0.2) is 18.1 Å². The Balaban J connectivity index is 2.27. The molecule has 23 heavy (non-hydrogen) atoms. The number of nitrogens with one attached hydrogen (secondary N) is 2. The van der Waals surface area contributed by atoms with Crippen molar-refractivity contribution in [1.29, 1.82) is 0 Å². The number of carbonyl (C=O) groups excluding carboxylic acids is 1. The molecule has 0 aliphatic rings. The van der Waals surface area contributed by atoms with Gasteiger partial charge in [-0.3, -0.25) is 10.2 Å². The average Bonchev–Trinajstić information content (AvgIpc) is 2.49. The first kappa shape index (κ1) is 17.0. The maximum absolute atomic E-state index is 12.1. The van der Waals surface area contributed by atoms with Gasteiger partial charge in [0.2, 0.25) is 0 Å². The van der Waals surface area contributed by atoms with Crippen LogP contribution in [0.4, 0.5) is 0 Å². The molecule has 0 radical (unpaired) electrons. The average molecular weight is 318 g/mol. The molecule has 1 aromatic carbocycles. The molecule has 2 N–H and O–H groups in total. The van der Waals surface area contributed by atoms with E-state index >= 15 is 0 Å². The van der Waals surface area contributed by atoms with E-state index in [4.69, 9.17) is 9.15 Å². The summed E-state index contributed by atoms with van der Waals surface area (Å²) in [6.45, 7) is 8.29. The number of fused-ring (bicyclic) bond motifs is 1. The zero-order valence-corrected chi connectivity index (χ0v) is 13.9. The fourth-order valence-corrected chi connectivity index (χ4v) is 1.87. The molecule has 1 aromatic heterocycles. The summed E-state index contributed by atoms with van der Waals surface area (Å²) in [5.41, 5.74) is 4.70. The number of amides is 1. The molecule has 0 saturated carbocycles. The third kappa shape index (κ3) is 4.56. The van der Waals surface area contributed by atoms with Crippen LogP contribution in [0.2, 0.25) is 0 Å². The highest BCUT2D eigenvalue weighted by Crippen LogP contribution is 2.20. The van der Waals surface area contributed by atoms with E-state index in [9.17, 15) is 9.59 Å². The molecular weight excluding hydrogens is 296 g/mol.